The zero-order valence-corrected chi connectivity index (χ0v) is 13.6. The molecule has 0 atom stereocenters. The fourth-order valence-electron chi connectivity index (χ4n) is 2.11. The first-order chi connectivity index (χ1) is 10.1. The molecule has 2 aromatic rings. The number of rotatable bonds is 6. The Morgan fingerprint density at radius 3 is 2.62 bits per heavy atom. The first-order valence-electron chi connectivity index (χ1n) is 7.27. The number of hydrogen-bond donors (Lipinski definition) is 2. The normalized spacial score (nSPS) is 10.4. The van der Waals surface area contributed by atoms with E-state index in [0.29, 0.717) is 12.1 Å². The molecule has 2 N–H and O–H groups in total. The second kappa shape index (κ2) is 7.27. The van der Waals surface area contributed by atoms with Gasteiger partial charge in [-0.15, -0.1) is 11.3 Å². The SMILES string of the molecule is CCCNc1ccc(C(=O)NCc2sccc2C)cc1C. The van der Waals surface area contributed by atoms with Crippen molar-refractivity contribution < 1.29 is 4.79 Å². The molecule has 0 spiro atoms. The maximum atomic E-state index is 12.2. The van der Waals surface area contributed by atoms with Crippen LogP contribution in [-0.4, -0.2) is 12.5 Å². The number of aryl methyl sites for hydroxylation is 2. The van der Waals surface area contributed by atoms with Gasteiger partial charge in [-0.05, 0) is 61.0 Å². The topological polar surface area (TPSA) is 41.1 Å². The fourth-order valence-corrected chi connectivity index (χ4v) is 2.96. The van der Waals surface area contributed by atoms with Crippen LogP contribution in [0.5, 0.6) is 0 Å². The molecule has 1 aromatic heterocycles. The lowest BCUT2D eigenvalue weighted by Gasteiger charge is -2.10. The maximum Gasteiger partial charge on any atom is 0.251 e. The molecule has 0 aliphatic rings. The minimum Gasteiger partial charge on any atom is -0.385 e. The Kier molecular flexibility index (Phi) is 5.39. The summed E-state index contributed by atoms with van der Waals surface area (Å²) in [5, 5.41) is 8.39. The van der Waals surface area contributed by atoms with Gasteiger partial charge in [-0.25, -0.2) is 0 Å². The van der Waals surface area contributed by atoms with Gasteiger partial charge < -0.3 is 10.6 Å². The summed E-state index contributed by atoms with van der Waals surface area (Å²) >= 11 is 1.68. The summed E-state index contributed by atoms with van der Waals surface area (Å²) in [6.07, 6.45) is 1.09. The lowest BCUT2D eigenvalue weighted by molar-refractivity contribution is 0.0951. The van der Waals surface area contributed by atoms with E-state index < -0.39 is 0 Å². The first kappa shape index (κ1) is 15.6. The fraction of sp³-hybridized carbons (Fsp3) is 0.353. The van der Waals surface area contributed by atoms with Gasteiger partial charge in [-0.2, -0.15) is 0 Å². The largest absolute Gasteiger partial charge is 0.385 e. The summed E-state index contributed by atoms with van der Waals surface area (Å²) in [7, 11) is 0. The average molecular weight is 302 g/mol. The molecular weight excluding hydrogens is 280 g/mol. The number of carbonyl (C=O) groups is 1. The molecular formula is C17H22N2OS. The van der Waals surface area contributed by atoms with Crippen LogP contribution >= 0.6 is 11.3 Å². The van der Waals surface area contributed by atoms with Crippen LogP contribution in [0.25, 0.3) is 0 Å². The quantitative estimate of drug-likeness (QED) is 0.843. The van der Waals surface area contributed by atoms with E-state index in [9.17, 15) is 4.79 Å². The number of nitrogens with one attached hydrogen (secondary N) is 2. The van der Waals surface area contributed by atoms with Gasteiger partial charge in [0.05, 0.1) is 6.54 Å². The van der Waals surface area contributed by atoms with Crippen LogP contribution in [0.1, 0.15) is 39.7 Å². The number of carbonyl (C=O) groups excluding carboxylic acids is 1. The highest BCUT2D eigenvalue weighted by Crippen LogP contribution is 2.18. The highest BCUT2D eigenvalue weighted by Gasteiger charge is 2.08. The number of thiophene rings is 1. The summed E-state index contributed by atoms with van der Waals surface area (Å²) < 4.78 is 0. The van der Waals surface area contributed by atoms with Crippen molar-refractivity contribution in [2.45, 2.75) is 33.7 Å². The van der Waals surface area contributed by atoms with Crippen molar-refractivity contribution in [3.63, 3.8) is 0 Å². The first-order valence-corrected chi connectivity index (χ1v) is 8.15. The number of amides is 1. The van der Waals surface area contributed by atoms with E-state index in [-0.39, 0.29) is 5.91 Å². The molecule has 0 saturated carbocycles. The highest BCUT2D eigenvalue weighted by atomic mass is 32.1. The van der Waals surface area contributed by atoms with Crippen LogP contribution in [0.4, 0.5) is 5.69 Å². The standard InChI is InChI=1S/C17H22N2OS/c1-4-8-18-15-6-5-14(10-13(15)3)17(20)19-11-16-12(2)7-9-21-16/h5-7,9-10,18H,4,8,11H2,1-3H3,(H,19,20). The van der Waals surface area contributed by atoms with Crippen LogP contribution in [0, 0.1) is 13.8 Å². The molecule has 0 bridgehead atoms. The van der Waals surface area contributed by atoms with Gasteiger partial charge >= 0.3 is 0 Å². The van der Waals surface area contributed by atoms with Gasteiger partial charge in [0.15, 0.2) is 0 Å². The molecule has 0 unspecified atom stereocenters. The van der Waals surface area contributed by atoms with Crippen LogP contribution < -0.4 is 10.6 Å². The molecule has 0 aliphatic carbocycles. The van der Waals surface area contributed by atoms with E-state index >= 15 is 0 Å². The Labute approximate surface area is 130 Å². The lowest BCUT2D eigenvalue weighted by atomic mass is 10.1. The zero-order chi connectivity index (χ0) is 15.2. The molecule has 0 saturated heterocycles. The average Bonchev–Trinajstić information content (AvgIpc) is 2.88. The van der Waals surface area contributed by atoms with Gasteiger partial charge in [-0.1, -0.05) is 6.92 Å². The van der Waals surface area contributed by atoms with E-state index in [1.54, 1.807) is 11.3 Å². The number of hydrogen-bond acceptors (Lipinski definition) is 3. The maximum absolute atomic E-state index is 12.2. The minimum atomic E-state index is -0.0204. The second-order valence-corrected chi connectivity index (χ2v) is 6.17. The summed E-state index contributed by atoms with van der Waals surface area (Å²) in [5.41, 5.74) is 4.14. The van der Waals surface area contributed by atoms with Crippen molar-refractivity contribution in [1.29, 1.82) is 0 Å². The van der Waals surface area contributed by atoms with Crippen molar-refractivity contribution in [3.8, 4) is 0 Å². The van der Waals surface area contributed by atoms with Crippen LogP contribution in [-0.2, 0) is 6.54 Å². The lowest BCUT2D eigenvalue weighted by Crippen LogP contribution is -2.22. The molecule has 1 heterocycles. The predicted molar refractivity (Wildman–Crippen MR) is 90.2 cm³/mol. The summed E-state index contributed by atoms with van der Waals surface area (Å²) in [6, 6.07) is 7.87. The van der Waals surface area contributed by atoms with Crippen LogP contribution in [0.15, 0.2) is 29.6 Å². The van der Waals surface area contributed by atoms with Crippen molar-refractivity contribution in [1.82, 2.24) is 5.32 Å². The van der Waals surface area contributed by atoms with E-state index in [2.05, 4.69) is 35.9 Å². The highest BCUT2D eigenvalue weighted by molar-refractivity contribution is 7.10. The molecule has 21 heavy (non-hydrogen) atoms. The summed E-state index contributed by atoms with van der Waals surface area (Å²) in [5.74, 6) is -0.0204. The van der Waals surface area contributed by atoms with Crippen molar-refractivity contribution >= 4 is 22.9 Å². The van der Waals surface area contributed by atoms with Gasteiger partial charge in [0.1, 0.15) is 0 Å². The van der Waals surface area contributed by atoms with Crippen LogP contribution in [0.2, 0.25) is 0 Å². The van der Waals surface area contributed by atoms with Gasteiger partial charge in [-0.3, -0.25) is 4.79 Å². The summed E-state index contributed by atoms with van der Waals surface area (Å²) in [6.45, 7) is 7.77. The molecule has 0 fully saturated rings. The van der Waals surface area contributed by atoms with Gasteiger partial charge in [0.25, 0.3) is 5.91 Å². The molecule has 3 nitrogen and oxygen atoms in total. The van der Waals surface area contributed by atoms with Gasteiger partial charge in [0.2, 0.25) is 0 Å². The van der Waals surface area contributed by atoms with E-state index in [1.807, 2.05) is 25.1 Å². The monoisotopic (exact) mass is 302 g/mol. The minimum absolute atomic E-state index is 0.0204. The second-order valence-electron chi connectivity index (χ2n) is 5.17. The van der Waals surface area contributed by atoms with E-state index in [0.717, 1.165) is 24.2 Å². The van der Waals surface area contributed by atoms with Crippen molar-refractivity contribution in [2.24, 2.45) is 0 Å². The van der Waals surface area contributed by atoms with Gasteiger partial charge in [0, 0.05) is 22.7 Å². The zero-order valence-electron chi connectivity index (χ0n) is 12.8. The Hall–Kier alpha value is -1.81. The molecule has 4 heteroatoms. The molecule has 0 radical (unpaired) electrons. The third-order valence-corrected chi connectivity index (χ3v) is 4.45. The Balaban J connectivity index is 1.99. The Bertz CT molecular complexity index is 619. The molecule has 0 aliphatic heterocycles. The Morgan fingerprint density at radius 2 is 2.00 bits per heavy atom. The third kappa shape index (κ3) is 4.08. The smallest absolute Gasteiger partial charge is 0.251 e. The summed E-state index contributed by atoms with van der Waals surface area (Å²) in [4.78, 5) is 13.4. The number of benzene rings is 1. The molecule has 1 aromatic carbocycles. The number of anilines is 1. The predicted octanol–water partition coefficient (Wildman–Crippen LogP) is 4.12. The van der Waals surface area contributed by atoms with Crippen molar-refractivity contribution in [3.05, 3.63) is 51.2 Å². The molecule has 2 rings (SSSR count). The van der Waals surface area contributed by atoms with Crippen molar-refractivity contribution in [2.75, 3.05) is 11.9 Å². The van der Waals surface area contributed by atoms with E-state index in [1.165, 1.54) is 10.4 Å². The molecule has 1 amide bonds. The Morgan fingerprint density at radius 1 is 1.19 bits per heavy atom. The third-order valence-electron chi connectivity index (χ3n) is 3.43. The van der Waals surface area contributed by atoms with Crippen LogP contribution in [0.3, 0.4) is 0 Å². The molecule has 112 valence electrons. The van der Waals surface area contributed by atoms with E-state index in [4.69, 9.17) is 0 Å².